The van der Waals surface area contributed by atoms with Gasteiger partial charge < -0.3 is 14.4 Å². The molecule has 2 saturated heterocycles. The molecule has 2 bridgehead atoms. The molecule has 5 heteroatoms. The van der Waals surface area contributed by atoms with Gasteiger partial charge in [-0.05, 0) is 24.6 Å². The summed E-state index contributed by atoms with van der Waals surface area (Å²) in [6, 6.07) is 17.6. The van der Waals surface area contributed by atoms with Crippen LogP contribution in [0, 0.1) is 0 Å². The van der Waals surface area contributed by atoms with Gasteiger partial charge in [0.15, 0.2) is 5.72 Å². The molecule has 2 aliphatic rings. The number of piperazine rings is 1. The van der Waals surface area contributed by atoms with E-state index < -0.39 is 5.72 Å². The van der Waals surface area contributed by atoms with E-state index in [1.54, 1.807) is 7.11 Å². The summed E-state index contributed by atoms with van der Waals surface area (Å²) in [6.07, 6.45) is -0.159. The molecule has 2 heterocycles. The average Bonchev–Trinajstić information content (AvgIpc) is 2.95. The fourth-order valence-electron chi connectivity index (χ4n) is 3.71. The van der Waals surface area contributed by atoms with E-state index in [0.717, 1.165) is 16.9 Å². The number of benzene rings is 2. The van der Waals surface area contributed by atoms with Crippen molar-refractivity contribution in [2.45, 2.75) is 31.3 Å². The number of hydrogen-bond donors (Lipinski definition) is 1. The zero-order valence-corrected chi connectivity index (χ0v) is 14.4. The van der Waals surface area contributed by atoms with Crippen molar-refractivity contribution >= 4 is 5.91 Å². The van der Waals surface area contributed by atoms with E-state index in [1.807, 2.05) is 66.4 Å². The highest BCUT2D eigenvalue weighted by Crippen LogP contribution is 2.37. The average molecular weight is 338 g/mol. The molecule has 0 aliphatic carbocycles. The molecule has 0 saturated carbocycles. The van der Waals surface area contributed by atoms with Crippen LogP contribution in [0.4, 0.5) is 0 Å². The Hall–Kier alpha value is -2.37. The third-order valence-electron chi connectivity index (χ3n) is 5.01. The molecule has 130 valence electrons. The number of hydrogen-bond acceptors (Lipinski definition) is 4. The molecule has 2 aliphatic heterocycles. The lowest BCUT2D eigenvalue weighted by molar-refractivity contribution is -0.140. The van der Waals surface area contributed by atoms with Crippen molar-refractivity contribution in [2.24, 2.45) is 0 Å². The maximum absolute atomic E-state index is 12.9. The quantitative estimate of drug-likeness (QED) is 0.929. The number of fused-ring (bicyclic) bond motifs is 2. The Kier molecular flexibility index (Phi) is 3.98. The number of rotatable bonds is 4. The van der Waals surface area contributed by atoms with Crippen molar-refractivity contribution < 1.29 is 14.3 Å². The predicted octanol–water partition coefficient (Wildman–Crippen LogP) is 2.27. The Morgan fingerprint density at radius 2 is 1.92 bits per heavy atom. The van der Waals surface area contributed by atoms with Crippen molar-refractivity contribution in [3.63, 3.8) is 0 Å². The van der Waals surface area contributed by atoms with Crippen molar-refractivity contribution in [3.8, 4) is 5.75 Å². The fourth-order valence-corrected chi connectivity index (χ4v) is 3.71. The topological polar surface area (TPSA) is 50.8 Å². The lowest BCUT2D eigenvalue weighted by Crippen LogP contribution is -2.61. The predicted molar refractivity (Wildman–Crippen MR) is 94.0 cm³/mol. The normalized spacial score (nSPS) is 28.2. The molecule has 1 N–H and O–H groups in total. The number of carbonyl (C=O) groups excluding carboxylic acids is 1. The van der Waals surface area contributed by atoms with E-state index in [1.165, 1.54) is 0 Å². The van der Waals surface area contributed by atoms with Crippen LogP contribution in [-0.4, -0.2) is 36.6 Å². The van der Waals surface area contributed by atoms with Gasteiger partial charge in [-0.1, -0.05) is 42.5 Å². The van der Waals surface area contributed by atoms with Crippen LogP contribution in [0.2, 0.25) is 0 Å². The molecule has 2 aromatic carbocycles. The van der Waals surface area contributed by atoms with Gasteiger partial charge in [0.05, 0.1) is 19.8 Å². The molecule has 3 atom stereocenters. The van der Waals surface area contributed by atoms with E-state index >= 15 is 0 Å². The maximum atomic E-state index is 12.9. The molecule has 2 aromatic rings. The summed E-state index contributed by atoms with van der Waals surface area (Å²) < 4.78 is 11.4. The second-order valence-electron chi connectivity index (χ2n) is 6.68. The van der Waals surface area contributed by atoms with Crippen LogP contribution >= 0.6 is 0 Å². The molecule has 4 rings (SSSR count). The number of carbonyl (C=O) groups is 1. The summed E-state index contributed by atoms with van der Waals surface area (Å²) in [7, 11) is 1.65. The number of nitrogens with one attached hydrogen (secondary N) is 1. The van der Waals surface area contributed by atoms with E-state index in [-0.39, 0.29) is 18.1 Å². The Labute approximate surface area is 147 Å². The Morgan fingerprint density at radius 1 is 1.20 bits per heavy atom. The molecule has 0 spiro atoms. The summed E-state index contributed by atoms with van der Waals surface area (Å²) in [5, 5.41) is 3.42. The van der Waals surface area contributed by atoms with Gasteiger partial charge in [0, 0.05) is 12.1 Å². The smallest absolute Gasteiger partial charge is 0.242 e. The van der Waals surface area contributed by atoms with E-state index in [9.17, 15) is 4.79 Å². The zero-order valence-electron chi connectivity index (χ0n) is 14.4. The largest absolute Gasteiger partial charge is 0.497 e. The van der Waals surface area contributed by atoms with Crippen molar-refractivity contribution in [3.05, 3.63) is 65.7 Å². The van der Waals surface area contributed by atoms with E-state index in [2.05, 4.69) is 5.32 Å². The van der Waals surface area contributed by atoms with Gasteiger partial charge in [0.2, 0.25) is 5.91 Å². The van der Waals surface area contributed by atoms with E-state index in [4.69, 9.17) is 9.47 Å². The molecular formula is C20H22N2O3. The van der Waals surface area contributed by atoms with Crippen LogP contribution in [0.15, 0.2) is 54.6 Å². The minimum Gasteiger partial charge on any atom is -0.497 e. The molecule has 1 amide bonds. The van der Waals surface area contributed by atoms with Crippen LogP contribution in [0.3, 0.4) is 0 Å². The Bertz CT molecular complexity index is 762. The summed E-state index contributed by atoms with van der Waals surface area (Å²) in [5.74, 6) is 0.903. The molecule has 5 nitrogen and oxygen atoms in total. The first-order chi connectivity index (χ1) is 12.1. The lowest BCUT2D eigenvalue weighted by atomic mass is 9.98. The molecule has 1 unspecified atom stereocenters. The number of nitrogens with zero attached hydrogens (tertiary/aromatic N) is 1. The molecule has 0 radical (unpaired) electrons. The first-order valence-corrected chi connectivity index (χ1v) is 8.54. The zero-order chi connectivity index (χ0) is 17.4. The maximum Gasteiger partial charge on any atom is 0.242 e. The van der Waals surface area contributed by atoms with Gasteiger partial charge >= 0.3 is 0 Å². The Balaban J connectivity index is 1.61. The van der Waals surface area contributed by atoms with Gasteiger partial charge in [-0.25, -0.2) is 0 Å². The van der Waals surface area contributed by atoms with Gasteiger partial charge in [0.1, 0.15) is 11.8 Å². The number of ether oxygens (including phenoxy) is 2. The van der Waals surface area contributed by atoms with Gasteiger partial charge in [0.25, 0.3) is 0 Å². The van der Waals surface area contributed by atoms with Crippen molar-refractivity contribution in [2.75, 3.05) is 13.7 Å². The van der Waals surface area contributed by atoms with Crippen LogP contribution in [0.25, 0.3) is 0 Å². The SMILES string of the molecule is COc1ccc(CN2CC3(c4ccccc4)N[C@H](C2=O)[C@@H](C)O3)cc1. The summed E-state index contributed by atoms with van der Waals surface area (Å²) in [4.78, 5) is 14.7. The summed E-state index contributed by atoms with van der Waals surface area (Å²) in [6.45, 7) is 3.01. The van der Waals surface area contributed by atoms with Gasteiger partial charge in [-0.2, -0.15) is 0 Å². The van der Waals surface area contributed by atoms with Crippen LogP contribution < -0.4 is 10.1 Å². The third-order valence-corrected chi connectivity index (χ3v) is 5.01. The van der Waals surface area contributed by atoms with Crippen LogP contribution in [-0.2, 0) is 21.8 Å². The minimum atomic E-state index is -0.633. The first-order valence-electron chi connectivity index (χ1n) is 8.54. The third kappa shape index (κ3) is 2.79. The van der Waals surface area contributed by atoms with Gasteiger partial charge in [-0.15, -0.1) is 0 Å². The highest BCUT2D eigenvalue weighted by Gasteiger charge is 2.54. The fraction of sp³-hybridized carbons (Fsp3) is 0.350. The lowest BCUT2D eigenvalue weighted by Gasteiger charge is -2.39. The number of methoxy groups -OCH3 is 1. The minimum absolute atomic E-state index is 0.0902. The standard InChI is InChI=1S/C20H22N2O3/c1-14-18-19(23)22(12-15-8-10-17(24-2)11-9-15)13-20(21-18,25-14)16-6-4-3-5-7-16/h3-11,14,18,21H,12-13H2,1-2H3/t14-,18+,20?/m1/s1. The Morgan fingerprint density at radius 3 is 2.60 bits per heavy atom. The van der Waals surface area contributed by atoms with Crippen molar-refractivity contribution in [1.29, 1.82) is 0 Å². The highest BCUT2D eigenvalue weighted by molar-refractivity contribution is 5.84. The highest BCUT2D eigenvalue weighted by atomic mass is 16.5. The van der Waals surface area contributed by atoms with Crippen molar-refractivity contribution in [1.82, 2.24) is 10.2 Å². The molecular weight excluding hydrogens is 316 g/mol. The van der Waals surface area contributed by atoms with Gasteiger partial charge in [-0.3, -0.25) is 10.1 Å². The summed E-state index contributed by atoms with van der Waals surface area (Å²) >= 11 is 0. The number of amides is 1. The summed E-state index contributed by atoms with van der Waals surface area (Å²) in [5.41, 5.74) is 1.49. The van der Waals surface area contributed by atoms with E-state index in [0.29, 0.717) is 13.1 Å². The first kappa shape index (κ1) is 16.1. The van der Waals surface area contributed by atoms with Crippen LogP contribution in [0.1, 0.15) is 18.1 Å². The molecule has 25 heavy (non-hydrogen) atoms. The monoisotopic (exact) mass is 338 g/mol. The van der Waals surface area contributed by atoms with Crippen LogP contribution in [0.5, 0.6) is 5.75 Å². The molecule has 0 aromatic heterocycles. The molecule has 2 fully saturated rings. The second-order valence-corrected chi connectivity index (χ2v) is 6.68. The second kappa shape index (κ2) is 6.17.